The average Bonchev–Trinajstić information content (AvgIpc) is 2.91. The lowest BCUT2D eigenvalue weighted by Crippen LogP contribution is -2.44. The molecule has 0 radical (unpaired) electrons. The van der Waals surface area contributed by atoms with Gasteiger partial charge in [0.25, 0.3) is 0 Å². The van der Waals surface area contributed by atoms with E-state index in [1.54, 1.807) is 25.4 Å². The molecule has 1 saturated heterocycles. The number of nitrogens with zero attached hydrogens (tertiary/aromatic N) is 2. The minimum Gasteiger partial charge on any atom is -0.497 e. The molecule has 1 aromatic heterocycles. The molecule has 1 aliphatic rings. The van der Waals surface area contributed by atoms with Gasteiger partial charge in [0.15, 0.2) is 17.5 Å². The van der Waals surface area contributed by atoms with Gasteiger partial charge in [-0.3, -0.25) is 9.78 Å². The number of ether oxygens (including phenoxy) is 1. The van der Waals surface area contributed by atoms with E-state index in [4.69, 9.17) is 4.74 Å². The van der Waals surface area contributed by atoms with Crippen LogP contribution in [0.1, 0.15) is 30.9 Å². The number of aliphatic hydroxyl groups excluding tert-OH is 1. The Morgan fingerprint density at radius 3 is 2.71 bits per heavy atom. The van der Waals surface area contributed by atoms with Crippen molar-refractivity contribution in [2.24, 2.45) is 11.8 Å². The maximum Gasteiger partial charge on any atom is 0.308 e. The number of rotatable bonds is 10. The van der Waals surface area contributed by atoms with Gasteiger partial charge >= 0.3 is 5.97 Å². The summed E-state index contributed by atoms with van der Waals surface area (Å²) in [4.78, 5) is 17.6. The summed E-state index contributed by atoms with van der Waals surface area (Å²) in [6.07, 6.45) is 2.27. The molecule has 2 N–H and O–H groups in total. The third-order valence-electron chi connectivity index (χ3n) is 7.04. The number of carboxylic acid groups (broad SMARTS) is 1. The summed E-state index contributed by atoms with van der Waals surface area (Å²) in [6.45, 7) is 1.14. The summed E-state index contributed by atoms with van der Waals surface area (Å²) in [6, 6.07) is 7.48. The van der Waals surface area contributed by atoms with E-state index in [0.717, 1.165) is 22.7 Å². The molecule has 0 aliphatic carbocycles. The second-order valence-corrected chi connectivity index (χ2v) is 10.4. The molecule has 11 heteroatoms. The summed E-state index contributed by atoms with van der Waals surface area (Å²) in [5.74, 6) is -7.00. The monoisotopic (exact) mass is 552 g/mol. The molecule has 204 valence electrons. The number of aromatic nitrogens is 1. The molecule has 4 rings (SSSR count). The molecule has 1 aliphatic heterocycles. The predicted octanol–water partition coefficient (Wildman–Crippen LogP) is 5.43. The highest BCUT2D eigenvalue weighted by molar-refractivity contribution is 7.99. The molecular weight excluding hydrogens is 524 g/mol. The fourth-order valence-corrected chi connectivity index (χ4v) is 5.91. The Kier molecular flexibility index (Phi) is 9.11. The van der Waals surface area contributed by atoms with E-state index in [1.165, 1.54) is 0 Å². The molecule has 2 aromatic carbocycles. The van der Waals surface area contributed by atoms with Crippen molar-refractivity contribution in [1.29, 1.82) is 0 Å². The maximum absolute atomic E-state index is 13.9. The Bertz CT molecular complexity index is 1310. The van der Waals surface area contributed by atoms with Crippen LogP contribution in [0.4, 0.5) is 17.6 Å². The summed E-state index contributed by atoms with van der Waals surface area (Å²) < 4.78 is 59.7. The Balaban J connectivity index is 1.34. The Hall–Kier alpha value is -2.89. The molecule has 6 nitrogen and oxygen atoms in total. The zero-order valence-corrected chi connectivity index (χ0v) is 21.5. The van der Waals surface area contributed by atoms with Gasteiger partial charge in [-0.15, -0.1) is 11.8 Å². The summed E-state index contributed by atoms with van der Waals surface area (Å²) in [7, 11) is 1.56. The van der Waals surface area contributed by atoms with Crippen LogP contribution in [-0.4, -0.2) is 58.6 Å². The van der Waals surface area contributed by atoms with Gasteiger partial charge in [0, 0.05) is 36.5 Å². The van der Waals surface area contributed by atoms with Crippen LogP contribution < -0.4 is 4.74 Å². The second kappa shape index (κ2) is 12.3. The van der Waals surface area contributed by atoms with Crippen LogP contribution in [0.15, 0.2) is 41.4 Å². The Labute approximate surface area is 221 Å². The van der Waals surface area contributed by atoms with Crippen LogP contribution in [0.3, 0.4) is 0 Å². The van der Waals surface area contributed by atoms with Crippen LogP contribution in [0.25, 0.3) is 10.9 Å². The van der Waals surface area contributed by atoms with Gasteiger partial charge in [0.2, 0.25) is 0 Å². The average molecular weight is 553 g/mol. The van der Waals surface area contributed by atoms with Crippen molar-refractivity contribution in [1.82, 2.24) is 9.88 Å². The van der Waals surface area contributed by atoms with Crippen LogP contribution in [-0.2, 0) is 4.79 Å². The molecule has 0 amide bonds. The summed E-state index contributed by atoms with van der Waals surface area (Å²) >= 11 is 0.723. The first kappa shape index (κ1) is 28.1. The molecule has 3 aromatic rings. The van der Waals surface area contributed by atoms with E-state index < -0.39 is 46.2 Å². The summed E-state index contributed by atoms with van der Waals surface area (Å²) in [5, 5.41) is 21.6. The van der Waals surface area contributed by atoms with Crippen molar-refractivity contribution in [3.8, 4) is 5.75 Å². The molecule has 0 saturated carbocycles. The topological polar surface area (TPSA) is 82.9 Å². The third-order valence-corrected chi connectivity index (χ3v) is 8.09. The number of hydrogen-bond acceptors (Lipinski definition) is 6. The van der Waals surface area contributed by atoms with Gasteiger partial charge in [-0.05, 0) is 61.6 Å². The largest absolute Gasteiger partial charge is 0.497 e. The standard InChI is InChI=1S/C27H28F4N2O4S/c1-37-16-3-4-22-18(12-16)17(6-8-32-22)23(34)5-2-15-7-9-33(14-19(15)27(35)36)10-11-38-26-21(29)13-20(28)24(30)25(26)31/h3-4,6,8,12-13,15,19,23,34H,2,5,7,9-11,14H2,1H3,(H,35,36)/t15-,19+,23?/m1/s1. The quantitative estimate of drug-likeness (QED) is 0.150. The number of hydrogen-bond donors (Lipinski definition) is 2. The first-order valence-corrected chi connectivity index (χ1v) is 13.2. The number of likely N-dealkylation sites (tertiary alicyclic amines) is 1. The number of aliphatic carboxylic acids is 1. The van der Waals surface area contributed by atoms with Crippen molar-refractivity contribution in [2.45, 2.75) is 30.3 Å². The fourth-order valence-electron chi connectivity index (χ4n) is 4.95. The molecule has 2 heterocycles. The SMILES string of the molecule is COc1ccc2nccc(C(O)CC[C@@H]3CCN(CCSc4c(F)cc(F)c(F)c4F)C[C@@H]3C(=O)O)c2c1. The number of piperidine rings is 1. The van der Waals surface area contributed by atoms with E-state index in [-0.39, 0.29) is 18.2 Å². The normalized spacial score (nSPS) is 19.0. The van der Waals surface area contributed by atoms with Crippen LogP contribution >= 0.6 is 11.8 Å². The number of fused-ring (bicyclic) bond motifs is 1. The van der Waals surface area contributed by atoms with E-state index in [9.17, 15) is 32.6 Å². The van der Waals surface area contributed by atoms with Crippen molar-refractivity contribution in [3.05, 3.63) is 65.4 Å². The lowest BCUT2D eigenvalue weighted by molar-refractivity contribution is -0.146. The van der Waals surface area contributed by atoms with E-state index >= 15 is 0 Å². The van der Waals surface area contributed by atoms with Crippen molar-refractivity contribution in [2.75, 3.05) is 32.5 Å². The zero-order chi connectivity index (χ0) is 27.4. The van der Waals surface area contributed by atoms with Crippen molar-refractivity contribution in [3.63, 3.8) is 0 Å². The van der Waals surface area contributed by atoms with Crippen molar-refractivity contribution < 1.29 is 37.3 Å². The lowest BCUT2D eigenvalue weighted by atomic mass is 9.81. The molecule has 0 spiro atoms. The molecule has 0 bridgehead atoms. The summed E-state index contributed by atoms with van der Waals surface area (Å²) in [5.41, 5.74) is 1.42. The maximum atomic E-state index is 13.9. The number of halogens is 4. The second-order valence-electron chi connectivity index (χ2n) is 9.32. The van der Waals surface area contributed by atoms with Gasteiger partial charge < -0.3 is 19.8 Å². The molecule has 1 fully saturated rings. The number of thioether (sulfide) groups is 1. The molecule has 3 atom stereocenters. The number of carboxylic acids is 1. The van der Waals surface area contributed by atoms with E-state index in [2.05, 4.69) is 4.98 Å². The fraction of sp³-hybridized carbons (Fsp3) is 0.407. The smallest absolute Gasteiger partial charge is 0.308 e. The lowest BCUT2D eigenvalue weighted by Gasteiger charge is -2.37. The number of carbonyl (C=O) groups is 1. The van der Waals surface area contributed by atoms with Gasteiger partial charge in [-0.1, -0.05) is 0 Å². The predicted molar refractivity (Wildman–Crippen MR) is 135 cm³/mol. The number of aliphatic hydroxyl groups is 1. The van der Waals surface area contributed by atoms with E-state index in [1.807, 2.05) is 17.0 Å². The van der Waals surface area contributed by atoms with Gasteiger partial charge in [-0.25, -0.2) is 17.6 Å². The van der Waals surface area contributed by atoms with Crippen molar-refractivity contribution >= 4 is 28.6 Å². The van der Waals surface area contributed by atoms with Gasteiger partial charge in [0.05, 0.1) is 29.5 Å². The van der Waals surface area contributed by atoms with E-state index in [0.29, 0.717) is 49.7 Å². The molecule has 38 heavy (non-hydrogen) atoms. The van der Waals surface area contributed by atoms with Crippen LogP contribution in [0.5, 0.6) is 5.75 Å². The Morgan fingerprint density at radius 2 is 1.97 bits per heavy atom. The van der Waals surface area contributed by atoms with Crippen LogP contribution in [0, 0.1) is 35.1 Å². The molecule has 1 unspecified atom stereocenters. The number of benzene rings is 2. The highest BCUT2D eigenvalue weighted by Crippen LogP contribution is 2.34. The zero-order valence-electron chi connectivity index (χ0n) is 20.7. The molecular formula is C27H28F4N2O4S. The number of pyridine rings is 1. The van der Waals surface area contributed by atoms with Gasteiger partial charge in [0.1, 0.15) is 11.6 Å². The minimum absolute atomic E-state index is 0.158. The number of methoxy groups -OCH3 is 1. The third kappa shape index (κ3) is 6.22. The van der Waals surface area contributed by atoms with Gasteiger partial charge in [-0.2, -0.15) is 0 Å². The Morgan fingerprint density at radius 1 is 1.18 bits per heavy atom. The van der Waals surface area contributed by atoms with Crippen LogP contribution in [0.2, 0.25) is 0 Å². The first-order valence-electron chi connectivity index (χ1n) is 12.2. The first-order chi connectivity index (χ1) is 18.2. The highest BCUT2D eigenvalue weighted by atomic mass is 32.2. The minimum atomic E-state index is -1.72. The highest BCUT2D eigenvalue weighted by Gasteiger charge is 2.34.